The summed E-state index contributed by atoms with van der Waals surface area (Å²) in [6, 6.07) is 3.73. The van der Waals surface area contributed by atoms with Crippen LogP contribution in [-0.2, 0) is 6.18 Å². The summed E-state index contributed by atoms with van der Waals surface area (Å²) in [5, 5.41) is 12.7. The number of pyridine rings is 2. The van der Waals surface area contributed by atoms with Crippen molar-refractivity contribution in [3.63, 3.8) is 0 Å². The van der Waals surface area contributed by atoms with E-state index in [4.69, 9.17) is 0 Å². The number of anilines is 2. The molecule has 0 aliphatic rings. The summed E-state index contributed by atoms with van der Waals surface area (Å²) >= 11 is 1.29. The van der Waals surface area contributed by atoms with Gasteiger partial charge in [-0.3, -0.25) is 4.98 Å². The number of carboxylic acid groups (broad SMARTS) is 1. The summed E-state index contributed by atoms with van der Waals surface area (Å²) in [7, 11) is 0. The lowest BCUT2D eigenvalue weighted by molar-refractivity contribution is -0.141. The van der Waals surface area contributed by atoms with Crippen LogP contribution in [0.3, 0.4) is 0 Å². The van der Waals surface area contributed by atoms with E-state index in [0.29, 0.717) is 22.0 Å². The molecule has 3 heterocycles. The van der Waals surface area contributed by atoms with Crippen molar-refractivity contribution in [2.75, 3.05) is 5.32 Å². The predicted octanol–water partition coefficient (Wildman–Crippen LogP) is 5.49. The van der Waals surface area contributed by atoms with E-state index in [0.717, 1.165) is 17.1 Å². The molecule has 0 unspecified atom stereocenters. The highest BCUT2D eigenvalue weighted by Gasteiger charge is 2.32. The Morgan fingerprint density at radius 3 is 2.48 bits per heavy atom. The van der Waals surface area contributed by atoms with Gasteiger partial charge in [0.1, 0.15) is 17.1 Å². The van der Waals surface area contributed by atoms with E-state index in [9.17, 15) is 23.1 Å². The maximum Gasteiger partial charge on any atom is 0.433 e. The largest absolute Gasteiger partial charge is 0.478 e. The first-order valence-corrected chi connectivity index (χ1v) is 9.39. The summed E-state index contributed by atoms with van der Waals surface area (Å²) in [5.74, 6) is -0.939. The average molecular weight is 422 g/mol. The molecular formula is C19H17F3N4O2S. The van der Waals surface area contributed by atoms with Crippen LogP contribution in [0.5, 0.6) is 0 Å². The topological polar surface area (TPSA) is 88.0 Å². The number of nitrogens with zero attached hydrogens (tertiary/aromatic N) is 3. The van der Waals surface area contributed by atoms with Crippen molar-refractivity contribution in [2.45, 2.75) is 32.9 Å². The molecule has 0 aliphatic heterocycles. The number of halogens is 3. The Bertz CT molecular complexity index is 1050. The molecule has 3 aromatic rings. The third-order valence-electron chi connectivity index (χ3n) is 3.99. The Labute approximate surface area is 168 Å². The van der Waals surface area contributed by atoms with Crippen LogP contribution in [0.25, 0.3) is 11.3 Å². The Hall–Kier alpha value is -3.01. The highest BCUT2D eigenvalue weighted by molar-refractivity contribution is 7.16. The highest BCUT2D eigenvalue weighted by atomic mass is 32.1. The van der Waals surface area contributed by atoms with Gasteiger partial charge >= 0.3 is 12.1 Å². The molecule has 0 radical (unpaired) electrons. The van der Waals surface area contributed by atoms with Crippen molar-refractivity contribution >= 4 is 28.3 Å². The van der Waals surface area contributed by atoms with E-state index in [1.165, 1.54) is 29.7 Å². The molecule has 0 saturated carbocycles. The van der Waals surface area contributed by atoms with Crippen molar-refractivity contribution in [3.8, 4) is 11.3 Å². The van der Waals surface area contributed by atoms with Gasteiger partial charge in [0, 0.05) is 22.8 Å². The number of nitrogens with one attached hydrogen (secondary N) is 1. The molecular weight excluding hydrogens is 405 g/mol. The number of alkyl halides is 3. The predicted molar refractivity (Wildman–Crippen MR) is 104 cm³/mol. The van der Waals surface area contributed by atoms with Crippen LogP contribution in [0, 0.1) is 6.92 Å². The molecule has 0 spiro atoms. The standard InChI is InChI=1S/C19H17F3N4O2S/c1-9(2)15-14(11-4-5-13(23-8-11)19(20,21)22)25-18(29-15)26-16-12(17(27)28)6-10(3)7-24-16/h4-9H,1-3H3,(H,27,28)(H,24,25,26). The average Bonchev–Trinajstić information content (AvgIpc) is 3.06. The number of hydrogen-bond donors (Lipinski definition) is 2. The molecule has 6 nitrogen and oxygen atoms in total. The number of aromatic nitrogens is 3. The van der Waals surface area contributed by atoms with E-state index in [1.807, 2.05) is 13.8 Å². The monoisotopic (exact) mass is 422 g/mol. The van der Waals surface area contributed by atoms with E-state index in [1.54, 1.807) is 6.92 Å². The van der Waals surface area contributed by atoms with Gasteiger partial charge < -0.3 is 10.4 Å². The molecule has 0 fully saturated rings. The van der Waals surface area contributed by atoms with Gasteiger partial charge in [-0.15, -0.1) is 11.3 Å². The second-order valence-corrected chi connectivity index (χ2v) is 7.69. The zero-order chi connectivity index (χ0) is 21.3. The second kappa shape index (κ2) is 7.78. The van der Waals surface area contributed by atoms with Gasteiger partial charge in [0.05, 0.1) is 5.69 Å². The molecule has 2 N–H and O–H groups in total. The molecule has 0 aliphatic carbocycles. The van der Waals surface area contributed by atoms with Crippen LogP contribution >= 0.6 is 11.3 Å². The summed E-state index contributed by atoms with van der Waals surface area (Å²) < 4.78 is 38.3. The van der Waals surface area contributed by atoms with Gasteiger partial charge in [0.15, 0.2) is 5.13 Å². The van der Waals surface area contributed by atoms with Crippen molar-refractivity contribution in [1.82, 2.24) is 15.0 Å². The smallest absolute Gasteiger partial charge is 0.433 e. The molecule has 0 amide bonds. The van der Waals surface area contributed by atoms with Crippen LogP contribution in [0.2, 0.25) is 0 Å². The van der Waals surface area contributed by atoms with Gasteiger partial charge in [-0.1, -0.05) is 13.8 Å². The van der Waals surface area contributed by atoms with E-state index < -0.39 is 17.8 Å². The maximum absolute atomic E-state index is 12.8. The number of carboxylic acids is 1. The minimum absolute atomic E-state index is 0.00374. The number of hydrogen-bond acceptors (Lipinski definition) is 6. The van der Waals surface area contributed by atoms with Crippen LogP contribution in [0.1, 0.15) is 46.3 Å². The number of thiazole rings is 1. The van der Waals surface area contributed by atoms with Gasteiger partial charge in [-0.25, -0.2) is 14.8 Å². The molecule has 152 valence electrons. The summed E-state index contributed by atoms with van der Waals surface area (Å²) in [6.45, 7) is 5.61. The number of aromatic carboxylic acids is 1. The highest BCUT2D eigenvalue weighted by Crippen LogP contribution is 2.38. The molecule has 0 saturated heterocycles. The fourth-order valence-corrected chi connectivity index (χ4v) is 3.61. The van der Waals surface area contributed by atoms with Crippen molar-refractivity contribution in [1.29, 1.82) is 0 Å². The minimum atomic E-state index is -4.52. The van der Waals surface area contributed by atoms with E-state index in [-0.39, 0.29) is 17.3 Å². The SMILES string of the molecule is Cc1cnc(Nc2nc(-c3ccc(C(F)(F)F)nc3)c(C(C)C)s2)c(C(=O)O)c1. The zero-order valence-electron chi connectivity index (χ0n) is 15.7. The fourth-order valence-electron chi connectivity index (χ4n) is 2.62. The van der Waals surface area contributed by atoms with Gasteiger partial charge in [0.2, 0.25) is 0 Å². The fraction of sp³-hybridized carbons (Fsp3) is 0.263. The Balaban J connectivity index is 1.99. The summed E-state index contributed by atoms with van der Waals surface area (Å²) in [6.07, 6.45) is -1.84. The zero-order valence-corrected chi connectivity index (χ0v) is 16.5. The first-order valence-electron chi connectivity index (χ1n) is 8.57. The minimum Gasteiger partial charge on any atom is -0.478 e. The maximum atomic E-state index is 12.8. The Morgan fingerprint density at radius 2 is 1.93 bits per heavy atom. The first-order chi connectivity index (χ1) is 13.6. The molecule has 3 aromatic heterocycles. The van der Waals surface area contributed by atoms with Gasteiger partial charge in [-0.05, 0) is 36.6 Å². The van der Waals surface area contributed by atoms with Crippen molar-refractivity contribution < 1.29 is 23.1 Å². The molecule has 0 aromatic carbocycles. The first kappa shape index (κ1) is 20.7. The third-order valence-corrected chi connectivity index (χ3v) is 5.26. The van der Waals surface area contributed by atoms with Crippen LogP contribution in [0.15, 0.2) is 30.6 Å². The lowest BCUT2D eigenvalue weighted by atomic mass is 10.1. The molecule has 0 bridgehead atoms. The lowest BCUT2D eigenvalue weighted by Gasteiger charge is -2.07. The molecule has 29 heavy (non-hydrogen) atoms. The number of carbonyl (C=O) groups is 1. The van der Waals surface area contributed by atoms with E-state index >= 15 is 0 Å². The van der Waals surface area contributed by atoms with E-state index in [2.05, 4.69) is 20.3 Å². The normalized spacial score (nSPS) is 11.7. The third kappa shape index (κ3) is 4.53. The van der Waals surface area contributed by atoms with Crippen molar-refractivity contribution in [3.05, 3.63) is 52.3 Å². The molecule has 0 atom stereocenters. The van der Waals surface area contributed by atoms with Crippen LogP contribution in [0.4, 0.5) is 24.1 Å². The lowest BCUT2D eigenvalue weighted by Crippen LogP contribution is -2.07. The van der Waals surface area contributed by atoms with Crippen molar-refractivity contribution in [2.24, 2.45) is 0 Å². The summed E-state index contributed by atoms with van der Waals surface area (Å²) in [5.41, 5.74) is 0.672. The van der Waals surface area contributed by atoms with Crippen LogP contribution in [-0.4, -0.2) is 26.0 Å². The van der Waals surface area contributed by atoms with Gasteiger partial charge in [0.25, 0.3) is 0 Å². The van der Waals surface area contributed by atoms with Gasteiger partial charge in [-0.2, -0.15) is 13.2 Å². The quantitative estimate of drug-likeness (QED) is 0.565. The Morgan fingerprint density at radius 1 is 1.21 bits per heavy atom. The second-order valence-electron chi connectivity index (χ2n) is 6.66. The summed E-state index contributed by atoms with van der Waals surface area (Å²) in [4.78, 5) is 24.4. The number of rotatable bonds is 5. The van der Waals surface area contributed by atoms with Crippen LogP contribution < -0.4 is 5.32 Å². The molecule has 3 rings (SSSR count). The Kier molecular flexibility index (Phi) is 5.56. The molecule has 10 heteroatoms. The number of aryl methyl sites for hydroxylation is 1.